The number of hydrogen-bond donors (Lipinski definition) is 2. The highest BCUT2D eigenvalue weighted by molar-refractivity contribution is 5.93. The molecule has 7 heteroatoms. The lowest BCUT2D eigenvalue weighted by atomic mass is 9.76. The molecule has 186 valence electrons. The number of imidazole rings is 1. The molecule has 0 aliphatic rings. The number of aromatic nitrogens is 4. The van der Waals surface area contributed by atoms with Crippen LogP contribution in [-0.4, -0.2) is 30.4 Å². The van der Waals surface area contributed by atoms with E-state index in [1.54, 1.807) is 35.3 Å². The van der Waals surface area contributed by atoms with Crippen molar-refractivity contribution >= 4 is 22.8 Å². The smallest absolute Gasteiger partial charge is 0.335 e. The maximum Gasteiger partial charge on any atom is 0.335 e. The molecule has 2 aromatic heterocycles. The zero-order valence-corrected chi connectivity index (χ0v) is 20.5. The number of aromatic carboxylic acids is 1. The molecule has 6 aromatic rings. The number of nitrogens with one attached hydrogen (secondary N) is 1. The first-order valence-electron chi connectivity index (χ1n) is 12.3. The third-order valence-electron chi connectivity index (χ3n) is 6.85. The minimum atomic E-state index is -0.959. The van der Waals surface area contributed by atoms with Gasteiger partial charge >= 0.3 is 5.97 Å². The number of anilines is 1. The molecule has 0 spiro atoms. The van der Waals surface area contributed by atoms with Gasteiger partial charge in [-0.15, -0.1) is 0 Å². The van der Waals surface area contributed by atoms with Crippen LogP contribution in [0.4, 0.5) is 5.95 Å². The Labute approximate surface area is 219 Å². The quantitative estimate of drug-likeness (QED) is 0.257. The van der Waals surface area contributed by atoms with Gasteiger partial charge in [-0.3, -0.25) is 4.57 Å². The summed E-state index contributed by atoms with van der Waals surface area (Å²) in [7, 11) is 0. The Bertz CT molecular complexity index is 1600. The third-order valence-corrected chi connectivity index (χ3v) is 6.85. The fourth-order valence-electron chi connectivity index (χ4n) is 5.15. The van der Waals surface area contributed by atoms with E-state index in [1.807, 2.05) is 24.4 Å². The second-order valence-electron chi connectivity index (χ2n) is 8.99. The lowest BCUT2D eigenvalue weighted by Crippen LogP contribution is -2.38. The molecule has 6 rings (SSSR count). The first-order valence-corrected chi connectivity index (χ1v) is 12.3. The normalized spacial score (nSPS) is 11.5. The summed E-state index contributed by atoms with van der Waals surface area (Å²) in [6.07, 6.45) is 5.47. The van der Waals surface area contributed by atoms with Crippen LogP contribution >= 0.6 is 0 Å². The molecule has 4 aromatic carbocycles. The van der Waals surface area contributed by atoms with E-state index in [-0.39, 0.29) is 5.56 Å². The topological polar surface area (TPSA) is 85.0 Å². The van der Waals surface area contributed by atoms with Crippen molar-refractivity contribution in [3.05, 3.63) is 150 Å². The number of carboxylic acid groups (broad SMARTS) is 1. The minimum Gasteiger partial charge on any atom is -0.478 e. The summed E-state index contributed by atoms with van der Waals surface area (Å²) in [6, 6.07) is 36.3. The summed E-state index contributed by atoms with van der Waals surface area (Å²) in [6.45, 7) is 0.349. The van der Waals surface area contributed by atoms with Gasteiger partial charge in [-0.2, -0.15) is 5.10 Å². The Morgan fingerprint density at radius 1 is 0.816 bits per heavy atom. The van der Waals surface area contributed by atoms with E-state index in [4.69, 9.17) is 4.98 Å². The predicted molar refractivity (Wildman–Crippen MR) is 147 cm³/mol. The van der Waals surface area contributed by atoms with E-state index in [0.29, 0.717) is 12.6 Å². The molecule has 0 radical (unpaired) electrons. The summed E-state index contributed by atoms with van der Waals surface area (Å²) in [5.41, 5.74) is 3.68. The van der Waals surface area contributed by atoms with Crippen LogP contribution in [0, 0.1) is 0 Å². The number of fused-ring (bicyclic) bond motifs is 1. The lowest BCUT2D eigenvalue weighted by molar-refractivity contribution is 0.0697. The third kappa shape index (κ3) is 3.90. The highest BCUT2D eigenvalue weighted by Gasteiger charge is 2.39. The molecule has 0 unspecified atom stereocenters. The first-order chi connectivity index (χ1) is 18.7. The van der Waals surface area contributed by atoms with Gasteiger partial charge in [0.1, 0.15) is 12.2 Å². The standard InChI is InChI=1S/C31H25N5O2/c37-29(38)23-16-17-28-24(20-23)21-34-36(28)22-33-30-32-18-19-35(30)31(25-10-4-1-5-11-25,26-12-6-2-7-13-26)27-14-8-3-9-15-27/h1-21H,22H2,(H,32,33)(H,37,38). The van der Waals surface area contributed by atoms with Crippen LogP contribution in [-0.2, 0) is 12.2 Å². The van der Waals surface area contributed by atoms with Crippen LogP contribution in [0.5, 0.6) is 0 Å². The van der Waals surface area contributed by atoms with Crippen molar-refractivity contribution in [2.24, 2.45) is 0 Å². The zero-order chi connectivity index (χ0) is 26.0. The van der Waals surface area contributed by atoms with Crippen LogP contribution in [0.2, 0.25) is 0 Å². The summed E-state index contributed by atoms with van der Waals surface area (Å²) >= 11 is 0. The van der Waals surface area contributed by atoms with E-state index in [0.717, 1.165) is 27.6 Å². The minimum absolute atomic E-state index is 0.235. The predicted octanol–water partition coefficient (Wildman–Crippen LogP) is 5.84. The van der Waals surface area contributed by atoms with E-state index in [2.05, 4.69) is 87.8 Å². The van der Waals surface area contributed by atoms with Crippen molar-refractivity contribution in [1.29, 1.82) is 0 Å². The molecule has 0 fully saturated rings. The van der Waals surface area contributed by atoms with Gasteiger partial charge < -0.3 is 10.4 Å². The number of hydrogen-bond acceptors (Lipinski definition) is 4. The van der Waals surface area contributed by atoms with Crippen molar-refractivity contribution in [3.8, 4) is 0 Å². The monoisotopic (exact) mass is 499 g/mol. The molecule has 0 atom stereocenters. The number of carboxylic acids is 1. The van der Waals surface area contributed by atoms with Crippen molar-refractivity contribution in [2.45, 2.75) is 12.2 Å². The maximum atomic E-state index is 11.4. The first kappa shape index (κ1) is 23.2. The average Bonchev–Trinajstić information content (AvgIpc) is 3.61. The fourth-order valence-corrected chi connectivity index (χ4v) is 5.15. The number of nitrogens with zero attached hydrogens (tertiary/aromatic N) is 4. The molecule has 0 amide bonds. The Morgan fingerprint density at radius 2 is 1.39 bits per heavy atom. The number of carbonyl (C=O) groups is 1. The van der Waals surface area contributed by atoms with E-state index in [9.17, 15) is 9.90 Å². The van der Waals surface area contributed by atoms with Crippen molar-refractivity contribution in [1.82, 2.24) is 19.3 Å². The largest absolute Gasteiger partial charge is 0.478 e. The maximum absolute atomic E-state index is 11.4. The van der Waals surface area contributed by atoms with Crippen molar-refractivity contribution < 1.29 is 9.90 Å². The second kappa shape index (κ2) is 9.71. The molecular weight excluding hydrogens is 474 g/mol. The molecule has 0 saturated heterocycles. The van der Waals surface area contributed by atoms with Gasteiger partial charge in [0, 0.05) is 17.8 Å². The van der Waals surface area contributed by atoms with Gasteiger partial charge in [0.05, 0.1) is 17.3 Å². The van der Waals surface area contributed by atoms with Gasteiger partial charge in [-0.1, -0.05) is 91.0 Å². The summed E-state index contributed by atoms with van der Waals surface area (Å²) in [5.74, 6) is -0.286. The Morgan fingerprint density at radius 3 is 1.95 bits per heavy atom. The van der Waals surface area contributed by atoms with Crippen LogP contribution < -0.4 is 5.32 Å². The highest BCUT2D eigenvalue weighted by Crippen LogP contribution is 2.42. The molecule has 2 N–H and O–H groups in total. The fraction of sp³-hybridized carbons (Fsp3) is 0.0645. The number of rotatable bonds is 8. The van der Waals surface area contributed by atoms with Crippen molar-refractivity contribution in [3.63, 3.8) is 0 Å². The molecule has 0 bridgehead atoms. The van der Waals surface area contributed by atoms with Crippen LogP contribution in [0.1, 0.15) is 27.0 Å². The SMILES string of the molecule is O=C(O)c1ccc2c(cnn2CNc2nccn2C(c2ccccc2)(c2ccccc2)c2ccccc2)c1. The Balaban J connectivity index is 1.47. The van der Waals surface area contributed by atoms with E-state index in [1.165, 1.54) is 0 Å². The molecule has 2 heterocycles. The summed E-state index contributed by atoms with van der Waals surface area (Å²) < 4.78 is 3.97. The second-order valence-corrected chi connectivity index (χ2v) is 8.99. The molecular formula is C31H25N5O2. The van der Waals surface area contributed by atoms with E-state index >= 15 is 0 Å². The van der Waals surface area contributed by atoms with Crippen molar-refractivity contribution in [2.75, 3.05) is 5.32 Å². The molecule has 7 nitrogen and oxygen atoms in total. The van der Waals surface area contributed by atoms with Crippen LogP contribution in [0.15, 0.2) is 128 Å². The van der Waals surface area contributed by atoms with Gasteiger partial charge in [-0.25, -0.2) is 14.5 Å². The van der Waals surface area contributed by atoms with Gasteiger partial charge in [0.15, 0.2) is 0 Å². The Kier molecular flexibility index (Phi) is 5.94. The van der Waals surface area contributed by atoms with Gasteiger partial charge in [0.25, 0.3) is 0 Å². The zero-order valence-electron chi connectivity index (χ0n) is 20.5. The summed E-state index contributed by atoms with van der Waals surface area (Å²) in [4.78, 5) is 16.1. The molecule has 38 heavy (non-hydrogen) atoms. The highest BCUT2D eigenvalue weighted by atomic mass is 16.4. The molecule has 0 aliphatic heterocycles. The molecule has 0 aliphatic carbocycles. The van der Waals surface area contributed by atoms with Gasteiger partial charge in [-0.05, 0) is 34.9 Å². The molecule has 0 saturated carbocycles. The Hall–Kier alpha value is -5.17. The van der Waals surface area contributed by atoms with Crippen LogP contribution in [0.25, 0.3) is 10.9 Å². The average molecular weight is 500 g/mol. The lowest BCUT2D eigenvalue weighted by Gasteiger charge is -2.38. The summed E-state index contributed by atoms with van der Waals surface area (Å²) in [5, 5.41) is 18.0. The van der Waals surface area contributed by atoms with Gasteiger partial charge in [0.2, 0.25) is 5.95 Å². The van der Waals surface area contributed by atoms with E-state index < -0.39 is 11.5 Å². The number of benzene rings is 4. The van der Waals surface area contributed by atoms with Crippen LogP contribution in [0.3, 0.4) is 0 Å².